The van der Waals surface area contributed by atoms with Crippen molar-refractivity contribution in [3.05, 3.63) is 36.0 Å². The van der Waals surface area contributed by atoms with E-state index in [4.69, 9.17) is 15.9 Å². The number of amides is 3. The Kier molecular flexibility index (Phi) is 8.51. The Labute approximate surface area is 188 Å². The van der Waals surface area contributed by atoms with E-state index in [0.29, 0.717) is 0 Å². The summed E-state index contributed by atoms with van der Waals surface area (Å²) in [5, 5.41) is 25.6. The Morgan fingerprint density at radius 2 is 1.58 bits per heavy atom. The molecule has 2 aromatic rings. The van der Waals surface area contributed by atoms with Gasteiger partial charge in [-0.05, 0) is 31.9 Å². The smallest absolute Gasteiger partial charge is 0.325 e. The fraction of sp³-hybridized carbons (Fsp3) is 0.381. The van der Waals surface area contributed by atoms with Crippen molar-refractivity contribution in [2.75, 3.05) is 0 Å². The lowest BCUT2D eigenvalue weighted by atomic mass is 10.0. The Bertz CT molecular complexity index is 1050. The number of carbonyl (C=O) groups excluding carboxylic acids is 3. The number of rotatable bonds is 11. The van der Waals surface area contributed by atoms with Crippen molar-refractivity contribution < 1.29 is 34.2 Å². The minimum atomic E-state index is -1.53. The van der Waals surface area contributed by atoms with Crippen molar-refractivity contribution in [3.8, 4) is 0 Å². The van der Waals surface area contributed by atoms with Crippen molar-refractivity contribution >= 4 is 40.6 Å². The predicted octanol–water partition coefficient (Wildman–Crippen LogP) is -0.909. The standard InChI is InChI=1S/C21H27N5O7/c1-10(18(29)26-16(8-17(27)28)20(31)25-11(2)21(32)33)24-19(30)14(22)7-12-9-23-15-6-4-3-5-13(12)15/h3-6,9-11,14,16,23H,7-8,22H2,1-2H3,(H,24,30)(H,25,31)(H,26,29)(H,27,28)(H,32,33). The van der Waals surface area contributed by atoms with Crippen LogP contribution in [0.1, 0.15) is 25.8 Å². The van der Waals surface area contributed by atoms with E-state index in [1.54, 1.807) is 6.20 Å². The highest BCUT2D eigenvalue weighted by Crippen LogP contribution is 2.18. The number of H-pyrrole nitrogens is 1. The van der Waals surface area contributed by atoms with E-state index in [-0.39, 0.29) is 6.42 Å². The summed E-state index contributed by atoms with van der Waals surface area (Å²) in [6.07, 6.45) is 1.19. The van der Waals surface area contributed by atoms with Gasteiger partial charge >= 0.3 is 11.9 Å². The molecule has 0 aliphatic rings. The van der Waals surface area contributed by atoms with Gasteiger partial charge < -0.3 is 36.9 Å². The largest absolute Gasteiger partial charge is 0.481 e. The number of carbonyl (C=O) groups is 5. The van der Waals surface area contributed by atoms with E-state index >= 15 is 0 Å². The number of hydrogen-bond acceptors (Lipinski definition) is 6. The average molecular weight is 461 g/mol. The van der Waals surface area contributed by atoms with Gasteiger partial charge in [0.25, 0.3) is 0 Å². The lowest BCUT2D eigenvalue weighted by molar-refractivity contribution is -0.143. The molecule has 0 aliphatic carbocycles. The van der Waals surface area contributed by atoms with Crippen LogP contribution in [0.5, 0.6) is 0 Å². The molecule has 8 N–H and O–H groups in total. The number of carboxylic acids is 2. The van der Waals surface area contributed by atoms with Crippen LogP contribution < -0.4 is 21.7 Å². The van der Waals surface area contributed by atoms with E-state index < -0.39 is 60.2 Å². The second-order valence-corrected chi connectivity index (χ2v) is 7.63. The van der Waals surface area contributed by atoms with Crippen molar-refractivity contribution in [1.29, 1.82) is 0 Å². The molecule has 2 rings (SSSR count). The fourth-order valence-corrected chi connectivity index (χ4v) is 3.07. The van der Waals surface area contributed by atoms with Gasteiger partial charge in [0, 0.05) is 17.1 Å². The molecule has 4 unspecified atom stereocenters. The monoisotopic (exact) mass is 461 g/mol. The van der Waals surface area contributed by atoms with Gasteiger partial charge in [0.1, 0.15) is 18.1 Å². The number of fused-ring (bicyclic) bond motifs is 1. The number of nitrogens with one attached hydrogen (secondary N) is 4. The van der Waals surface area contributed by atoms with E-state index in [0.717, 1.165) is 16.5 Å². The first-order valence-corrected chi connectivity index (χ1v) is 10.2. The topological polar surface area (TPSA) is 204 Å². The molecule has 1 aromatic carbocycles. The SMILES string of the molecule is CC(NC(=O)C(CC(=O)O)NC(=O)C(C)NC(=O)C(N)Cc1c[nH]c2ccccc12)C(=O)O. The Balaban J connectivity index is 1.97. The van der Waals surface area contributed by atoms with Gasteiger partial charge in [-0.2, -0.15) is 0 Å². The zero-order valence-corrected chi connectivity index (χ0v) is 18.1. The van der Waals surface area contributed by atoms with Crippen molar-refractivity contribution in [3.63, 3.8) is 0 Å². The van der Waals surface area contributed by atoms with Crippen LogP contribution in [-0.4, -0.2) is 69.0 Å². The number of aromatic amines is 1. The number of nitrogens with two attached hydrogens (primary N) is 1. The van der Waals surface area contributed by atoms with Gasteiger partial charge in [-0.1, -0.05) is 18.2 Å². The highest BCUT2D eigenvalue weighted by atomic mass is 16.4. The number of aromatic nitrogens is 1. The summed E-state index contributed by atoms with van der Waals surface area (Å²) in [5.41, 5.74) is 7.72. The minimum absolute atomic E-state index is 0.210. The maximum Gasteiger partial charge on any atom is 0.325 e. The second-order valence-electron chi connectivity index (χ2n) is 7.63. The van der Waals surface area contributed by atoms with Crippen LogP contribution in [0, 0.1) is 0 Å². The number of carboxylic acid groups (broad SMARTS) is 2. The maximum absolute atomic E-state index is 12.5. The number of benzene rings is 1. The molecule has 12 heteroatoms. The number of hydrogen-bond donors (Lipinski definition) is 7. The molecule has 4 atom stereocenters. The summed E-state index contributed by atoms with van der Waals surface area (Å²) in [4.78, 5) is 62.2. The summed E-state index contributed by atoms with van der Waals surface area (Å²) < 4.78 is 0. The quantitative estimate of drug-likeness (QED) is 0.223. The van der Waals surface area contributed by atoms with E-state index in [1.165, 1.54) is 13.8 Å². The van der Waals surface area contributed by atoms with Crippen LogP contribution in [0.15, 0.2) is 30.5 Å². The molecule has 0 radical (unpaired) electrons. The molecule has 33 heavy (non-hydrogen) atoms. The maximum atomic E-state index is 12.5. The summed E-state index contributed by atoms with van der Waals surface area (Å²) in [7, 11) is 0. The highest BCUT2D eigenvalue weighted by Gasteiger charge is 2.29. The molecule has 12 nitrogen and oxygen atoms in total. The van der Waals surface area contributed by atoms with Crippen molar-refractivity contribution in [2.24, 2.45) is 5.73 Å². The lowest BCUT2D eigenvalue weighted by Gasteiger charge is -2.22. The first kappa shape index (κ1) is 25.3. The summed E-state index contributed by atoms with van der Waals surface area (Å²) >= 11 is 0. The minimum Gasteiger partial charge on any atom is -0.481 e. The Morgan fingerprint density at radius 1 is 0.939 bits per heavy atom. The van der Waals surface area contributed by atoms with Gasteiger partial charge in [-0.25, -0.2) is 0 Å². The normalized spacial score (nSPS) is 14.5. The second kappa shape index (κ2) is 11.1. The first-order valence-electron chi connectivity index (χ1n) is 10.2. The fourth-order valence-electron chi connectivity index (χ4n) is 3.07. The molecule has 0 fully saturated rings. The van der Waals surface area contributed by atoms with E-state index in [9.17, 15) is 24.0 Å². The number of para-hydroxylation sites is 1. The van der Waals surface area contributed by atoms with E-state index in [2.05, 4.69) is 20.9 Å². The summed E-state index contributed by atoms with van der Waals surface area (Å²) in [6, 6.07) is 2.59. The first-order chi connectivity index (χ1) is 15.5. The summed E-state index contributed by atoms with van der Waals surface area (Å²) in [5.74, 6) is -5.12. The van der Waals surface area contributed by atoms with Crippen molar-refractivity contribution in [2.45, 2.75) is 50.9 Å². The molecule has 1 heterocycles. The van der Waals surface area contributed by atoms with Crippen LogP contribution in [-0.2, 0) is 30.4 Å². The third-order valence-corrected chi connectivity index (χ3v) is 4.94. The van der Waals surface area contributed by atoms with Crippen LogP contribution in [0.25, 0.3) is 10.9 Å². The molecular weight excluding hydrogens is 434 g/mol. The van der Waals surface area contributed by atoms with Gasteiger partial charge in [0.15, 0.2) is 0 Å². The van der Waals surface area contributed by atoms with Crippen LogP contribution >= 0.6 is 0 Å². The van der Waals surface area contributed by atoms with Crippen molar-refractivity contribution in [1.82, 2.24) is 20.9 Å². The zero-order valence-electron chi connectivity index (χ0n) is 18.1. The average Bonchev–Trinajstić information content (AvgIpc) is 3.15. The molecule has 0 aliphatic heterocycles. The highest BCUT2D eigenvalue weighted by molar-refractivity contribution is 5.95. The van der Waals surface area contributed by atoms with Crippen LogP contribution in [0.4, 0.5) is 0 Å². The molecule has 0 spiro atoms. The predicted molar refractivity (Wildman–Crippen MR) is 117 cm³/mol. The zero-order chi connectivity index (χ0) is 24.7. The molecular formula is C21H27N5O7. The summed E-state index contributed by atoms with van der Waals surface area (Å²) in [6.45, 7) is 2.54. The van der Waals surface area contributed by atoms with Gasteiger partial charge in [0.2, 0.25) is 17.7 Å². The Hall–Kier alpha value is -3.93. The molecule has 178 valence electrons. The molecule has 0 bridgehead atoms. The molecule has 0 saturated carbocycles. The van der Waals surface area contributed by atoms with Crippen LogP contribution in [0.3, 0.4) is 0 Å². The van der Waals surface area contributed by atoms with E-state index in [1.807, 2.05) is 24.3 Å². The third-order valence-electron chi connectivity index (χ3n) is 4.94. The van der Waals surface area contributed by atoms with Gasteiger partial charge in [-0.15, -0.1) is 0 Å². The van der Waals surface area contributed by atoms with Gasteiger partial charge in [-0.3, -0.25) is 24.0 Å². The molecule has 0 saturated heterocycles. The van der Waals surface area contributed by atoms with Crippen LogP contribution in [0.2, 0.25) is 0 Å². The number of aliphatic carboxylic acids is 2. The third kappa shape index (κ3) is 7.04. The Morgan fingerprint density at radius 3 is 2.21 bits per heavy atom. The van der Waals surface area contributed by atoms with Gasteiger partial charge in [0.05, 0.1) is 12.5 Å². The lowest BCUT2D eigenvalue weighted by Crippen LogP contribution is -2.56. The molecule has 1 aromatic heterocycles. The molecule has 3 amide bonds.